The molecular weight excluding hydrogens is 240 g/mol. The van der Waals surface area contributed by atoms with Crippen molar-refractivity contribution < 1.29 is 4.79 Å². The number of carbonyl (C=O) groups excluding carboxylic acids is 1. The molecule has 0 fully saturated rings. The van der Waals surface area contributed by atoms with E-state index >= 15 is 0 Å². The summed E-state index contributed by atoms with van der Waals surface area (Å²) < 4.78 is 3.57. The molecule has 0 aliphatic carbocycles. The predicted molar refractivity (Wildman–Crippen MR) is 73.9 cm³/mol. The Balaban J connectivity index is 2.26. The molecule has 5 nitrogen and oxygen atoms in total. The van der Waals surface area contributed by atoms with Gasteiger partial charge in [0.05, 0.1) is 17.0 Å². The van der Waals surface area contributed by atoms with Gasteiger partial charge in [-0.3, -0.25) is 14.2 Å². The second kappa shape index (κ2) is 5.22. The van der Waals surface area contributed by atoms with Gasteiger partial charge in [0.2, 0.25) is 0 Å². The molecule has 2 rings (SSSR count). The van der Waals surface area contributed by atoms with Crippen molar-refractivity contribution in [2.45, 2.75) is 27.3 Å². The summed E-state index contributed by atoms with van der Waals surface area (Å²) in [4.78, 5) is 12.2. The number of nitrogens with zero attached hydrogens (tertiary/aromatic N) is 4. The van der Waals surface area contributed by atoms with Gasteiger partial charge in [-0.25, -0.2) is 0 Å². The van der Waals surface area contributed by atoms with Crippen LogP contribution in [-0.2, 0) is 13.6 Å². The van der Waals surface area contributed by atoms with Crippen LogP contribution in [-0.4, -0.2) is 25.3 Å². The minimum atomic E-state index is -0.0213. The van der Waals surface area contributed by atoms with E-state index in [2.05, 4.69) is 10.2 Å². The highest BCUT2D eigenvalue weighted by Crippen LogP contribution is 2.14. The molecule has 0 aromatic carbocycles. The first-order valence-corrected chi connectivity index (χ1v) is 6.29. The number of hydrogen-bond acceptors (Lipinski definition) is 3. The van der Waals surface area contributed by atoms with Crippen molar-refractivity contribution in [3.63, 3.8) is 0 Å². The van der Waals surface area contributed by atoms with Crippen LogP contribution in [0.15, 0.2) is 18.3 Å². The van der Waals surface area contributed by atoms with E-state index in [9.17, 15) is 4.79 Å². The average molecular weight is 258 g/mol. The number of aromatic nitrogens is 4. The predicted octanol–water partition coefficient (Wildman–Crippen LogP) is 2.15. The van der Waals surface area contributed by atoms with Crippen LogP contribution in [0.1, 0.15) is 34.4 Å². The van der Waals surface area contributed by atoms with Crippen LogP contribution < -0.4 is 0 Å². The molecule has 0 radical (unpaired) electrons. The van der Waals surface area contributed by atoms with Crippen molar-refractivity contribution in [1.82, 2.24) is 19.6 Å². The molecule has 0 amide bonds. The Labute approximate surface area is 112 Å². The van der Waals surface area contributed by atoms with E-state index in [1.807, 2.05) is 38.6 Å². The molecule has 0 saturated carbocycles. The van der Waals surface area contributed by atoms with Crippen molar-refractivity contribution in [1.29, 1.82) is 0 Å². The summed E-state index contributed by atoms with van der Waals surface area (Å²) in [6.07, 6.45) is 5.11. The molecular formula is C14H18N4O. The Bertz CT molecular complexity index is 634. The second-order valence-electron chi connectivity index (χ2n) is 4.44. The third kappa shape index (κ3) is 2.50. The highest BCUT2D eigenvalue weighted by Gasteiger charge is 2.14. The minimum absolute atomic E-state index is 0.0213. The highest BCUT2D eigenvalue weighted by atomic mass is 16.1. The van der Waals surface area contributed by atoms with Gasteiger partial charge in [-0.05, 0) is 39.0 Å². The molecule has 0 unspecified atom stereocenters. The lowest BCUT2D eigenvalue weighted by Crippen LogP contribution is -2.01. The SMILES string of the molecule is CCn1nccc1/C=C/C(=O)c1c(C)nn(C)c1C. The third-order valence-corrected chi connectivity index (χ3v) is 3.21. The number of aryl methyl sites for hydroxylation is 3. The number of carbonyl (C=O) groups is 1. The summed E-state index contributed by atoms with van der Waals surface area (Å²) in [7, 11) is 1.84. The van der Waals surface area contributed by atoms with Gasteiger partial charge in [0.15, 0.2) is 5.78 Å². The highest BCUT2D eigenvalue weighted by molar-refractivity contribution is 6.08. The Kier molecular flexibility index (Phi) is 3.64. The van der Waals surface area contributed by atoms with Crippen LogP contribution in [0, 0.1) is 13.8 Å². The summed E-state index contributed by atoms with van der Waals surface area (Å²) >= 11 is 0. The fraction of sp³-hybridized carbons (Fsp3) is 0.357. The Hall–Kier alpha value is -2.17. The van der Waals surface area contributed by atoms with E-state index in [-0.39, 0.29) is 5.78 Å². The van der Waals surface area contributed by atoms with Crippen molar-refractivity contribution in [3.05, 3.63) is 41.0 Å². The molecule has 0 atom stereocenters. The van der Waals surface area contributed by atoms with Gasteiger partial charge >= 0.3 is 0 Å². The molecule has 2 aromatic heterocycles. The zero-order chi connectivity index (χ0) is 14.0. The second-order valence-corrected chi connectivity index (χ2v) is 4.44. The topological polar surface area (TPSA) is 52.7 Å². The summed E-state index contributed by atoms with van der Waals surface area (Å²) in [5.41, 5.74) is 3.26. The maximum Gasteiger partial charge on any atom is 0.189 e. The fourth-order valence-corrected chi connectivity index (χ4v) is 2.12. The number of hydrogen-bond donors (Lipinski definition) is 0. The maximum atomic E-state index is 12.2. The minimum Gasteiger partial charge on any atom is -0.289 e. The maximum absolute atomic E-state index is 12.2. The van der Waals surface area contributed by atoms with E-state index in [1.54, 1.807) is 23.0 Å². The number of ketones is 1. The lowest BCUT2D eigenvalue weighted by Gasteiger charge is -1.99. The molecule has 0 aliphatic heterocycles. The quantitative estimate of drug-likeness (QED) is 0.623. The Morgan fingerprint density at radius 1 is 1.42 bits per heavy atom. The summed E-state index contributed by atoms with van der Waals surface area (Å²) in [5, 5.41) is 8.42. The van der Waals surface area contributed by atoms with Gasteiger partial charge in [0.25, 0.3) is 0 Å². The molecule has 19 heavy (non-hydrogen) atoms. The molecule has 0 N–H and O–H groups in total. The smallest absolute Gasteiger partial charge is 0.189 e. The monoisotopic (exact) mass is 258 g/mol. The molecule has 0 bridgehead atoms. The van der Waals surface area contributed by atoms with E-state index in [0.29, 0.717) is 5.56 Å². The van der Waals surface area contributed by atoms with Crippen molar-refractivity contribution in [2.75, 3.05) is 0 Å². The van der Waals surface area contributed by atoms with Gasteiger partial charge < -0.3 is 0 Å². The van der Waals surface area contributed by atoms with Gasteiger partial charge in [-0.1, -0.05) is 0 Å². The molecule has 0 aliphatic rings. The third-order valence-electron chi connectivity index (χ3n) is 3.21. The van der Waals surface area contributed by atoms with Crippen molar-refractivity contribution >= 4 is 11.9 Å². The molecule has 0 spiro atoms. The standard InChI is InChI=1S/C14H18N4O/c1-5-18-12(8-9-15-18)6-7-13(19)14-10(2)16-17(4)11(14)3/h6-9H,5H2,1-4H3/b7-6+. The average Bonchev–Trinajstić information content (AvgIpc) is 2.92. The Morgan fingerprint density at radius 2 is 2.16 bits per heavy atom. The number of rotatable bonds is 4. The fourth-order valence-electron chi connectivity index (χ4n) is 2.12. The first-order valence-electron chi connectivity index (χ1n) is 6.29. The molecule has 2 aromatic rings. The molecule has 2 heterocycles. The first kappa shape index (κ1) is 13.3. The van der Waals surface area contributed by atoms with Gasteiger partial charge in [-0.15, -0.1) is 0 Å². The number of allylic oxidation sites excluding steroid dienone is 1. The van der Waals surface area contributed by atoms with Crippen LogP contribution in [0.2, 0.25) is 0 Å². The van der Waals surface area contributed by atoms with Gasteiger partial charge in [0, 0.05) is 25.5 Å². The van der Waals surface area contributed by atoms with E-state index in [4.69, 9.17) is 0 Å². The zero-order valence-corrected chi connectivity index (χ0v) is 11.7. The zero-order valence-electron chi connectivity index (χ0n) is 11.7. The van der Waals surface area contributed by atoms with Crippen LogP contribution in [0.4, 0.5) is 0 Å². The normalized spacial score (nSPS) is 11.4. The first-order chi connectivity index (χ1) is 9.04. The van der Waals surface area contributed by atoms with Gasteiger partial charge in [0.1, 0.15) is 0 Å². The van der Waals surface area contributed by atoms with Crippen molar-refractivity contribution in [3.8, 4) is 0 Å². The summed E-state index contributed by atoms with van der Waals surface area (Å²) in [6, 6.07) is 1.89. The largest absolute Gasteiger partial charge is 0.289 e. The van der Waals surface area contributed by atoms with Crippen LogP contribution in [0.3, 0.4) is 0 Å². The van der Waals surface area contributed by atoms with E-state index < -0.39 is 0 Å². The van der Waals surface area contributed by atoms with E-state index in [0.717, 1.165) is 23.6 Å². The van der Waals surface area contributed by atoms with Crippen LogP contribution in [0.5, 0.6) is 0 Å². The van der Waals surface area contributed by atoms with Crippen LogP contribution in [0.25, 0.3) is 6.08 Å². The summed E-state index contributed by atoms with van der Waals surface area (Å²) in [5.74, 6) is -0.0213. The van der Waals surface area contributed by atoms with Crippen LogP contribution >= 0.6 is 0 Å². The van der Waals surface area contributed by atoms with E-state index in [1.165, 1.54) is 0 Å². The lowest BCUT2D eigenvalue weighted by atomic mass is 10.1. The molecule has 100 valence electrons. The summed E-state index contributed by atoms with van der Waals surface area (Å²) in [6.45, 7) is 6.55. The molecule has 5 heteroatoms. The lowest BCUT2D eigenvalue weighted by molar-refractivity contribution is 0.104. The Morgan fingerprint density at radius 3 is 2.74 bits per heavy atom. The molecule has 0 saturated heterocycles. The van der Waals surface area contributed by atoms with Crippen molar-refractivity contribution in [2.24, 2.45) is 7.05 Å². The van der Waals surface area contributed by atoms with Gasteiger partial charge in [-0.2, -0.15) is 10.2 Å².